The van der Waals surface area contributed by atoms with Crippen molar-refractivity contribution >= 4 is 17.3 Å². The van der Waals surface area contributed by atoms with Crippen molar-refractivity contribution in [3.8, 4) is 0 Å². The smallest absolute Gasteiger partial charge is 0.381 e. The Labute approximate surface area is 169 Å². The first kappa shape index (κ1) is 21.2. The first-order valence-electron chi connectivity index (χ1n) is 9.85. The third kappa shape index (κ3) is 5.97. The van der Waals surface area contributed by atoms with Crippen molar-refractivity contribution in [1.29, 1.82) is 0 Å². The summed E-state index contributed by atoms with van der Waals surface area (Å²) >= 11 is 0. The summed E-state index contributed by atoms with van der Waals surface area (Å²) in [5.41, 5.74) is 2.56. The lowest BCUT2D eigenvalue weighted by atomic mass is 10.1. The highest BCUT2D eigenvalue weighted by molar-refractivity contribution is 5.93. The van der Waals surface area contributed by atoms with Gasteiger partial charge in [-0.25, -0.2) is 0 Å². The van der Waals surface area contributed by atoms with Crippen LogP contribution in [0.2, 0.25) is 0 Å². The van der Waals surface area contributed by atoms with Crippen LogP contribution in [0.3, 0.4) is 0 Å². The first-order valence-corrected chi connectivity index (χ1v) is 9.85. The maximum atomic E-state index is 12.7. The fraction of sp³-hybridized carbons (Fsp3) is 0.409. The number of hydrogen-bond acceptors (Lipinski definition) is 3. The number of benzene rings is 2. The van der Waals surface area contributed by atoms with Gasteiger partial charge in [0.05, 0.1) is 12.1 Å². The molecule has 1 amide bonds. The molecule has 0 radical (unpaired) electrons. The fourth-order valence-corrected chi connectivity index (χ4v) is 3.48. The van der Waals surface area contributed by atoms with Gasteiger partial charge < -0.3 is 10.6 Å². The number of hydrogen-bond donors (Lipinski definition) is 2. The molecule has 0 spiro atoms. The van der Waals surface area contributed by atoms with Gasteiger partial charge in [0.15, 0.2) is 0 Å². The zero-order valence-corrected chi connectivity index (χ0v) is 16.5. The number of halogens is 3. The molecular weight excluding hydrogens is 379 g/mol. The lowest BCUT2D eigenvalue weighted by Crippen LogP contribution is -2.36. The Kier molecular flexibility index (Phi) is 6.79. The van der Waals surface area contributed by atoms with Gasteiger partial charge in [0.1, 0.15) is 0 Å². The van der Waals surface area contributed by atoms with E-state index < -0.39 is 11.7 Å². The van der Waals surface area contributed by atoms with Crippen LogP contribution < -0.4 is 10.6 Å². The number of nitrogens with one attached hydrogen (secondary N) is 2. The third-order valence-electron chi connectivity index (χ3n) is 5.19. The second-order valence-corrected chi connectivity index (χ2v) is 7.41. The number of carbonyl (C=O) groups is 1. The molecule has 29 heavy (non-hydrogen) atoms. The summed E-state index contributed by atoms with van der Waals surface area (Å²) in [5, 5.41) is 6.21. The lowest BCUT2D eigenvalue weighted by molar-refractivity contribution is -0.137. The van der Waals surface area contributed by atoms with Crippen LogP contribution in [0.15, 0.2) is 42.5 Å². The van der Waals surface area contributed by atoms with Crippen LogP contribution >= 0.6 is 0 Å². The number of alkyl halides is 3. The van der Waals surface area contributed by atoms with Gasteiger partial charge in [0.25, 0.3) is 0 Å². The summed E-state index contributed by atoms with van der Waals surface area (Å²) in [4.78, 5) is 14.5. The summed E-state index contributed by atoms with van der Waals surface area (Å²) < 4.78 is 38.0. The Morgan fingerprint density at radius 1 is 1.00 bits per heavy atom. The molecule has 0 aromatic heterocycles. The van der Waals surface area contributed by atoms with E-state index >= 15 is 0 Å². The van der Waals surface area contributed by atoms with Crippen LogP contribution in [-0.2, 0) is 17.5 Å². The van der Waals surface area contributed by atoms with E-state index in [0.29, 0.717) is 13.1 Å². The average molecular weight is 405 g/mol. The van der Waals surface area contributed by atoms with Gasteiger partial charge >= 0.3 is 6.18 Å². The summed E-state index contributed by atoms with van der Waals surface area (Å²) in [5.74, 6) is -0.0325. The number of piperidine rings is 1. The Hall–Kier alpha value is -2.54. The largest absolute Gasteiger partial charge is 0.416 e. The number of likely N-dealkylation sites (tertiary alicyclic amines) is 1. The highest BCUT2D eigenvalue weighted by Crippen LogP contribution is 2.29. The van der Waals surface area contributed by atoms with Gasteiger partial charge in [0, 0.05) is 17.9 Å². The van der Waals surface area contributed by atoms with Crippen LogP contribution in [0.25, 0.3) is 0 Å². The Balaban J connectivity index is 1.58. The predicted molar refractivity (Wildman–Crippen MR) is 109 cm³/mol. The molecule has 2 N–H and O–H groups in total. The quantitative estimate of drug-likeness (QED) is 0.707. The topological polar surface area (TPSA) is 44.4 Å². The molecule has 4 nitrogen and oxygen atoms in total. The molecule has 0 saturated carbocycles. The normalized spacial score (nSPS) is 15.2. The van der Waals surface area contributed by atoms with Gasteiger partial charge in [-0.15, -0.1) is 0 Å². The van der Waals surface area contributed by atoms with Crippen molar-refractivity contribution in [3.63, 3.8) is 0 Å². The van der Waals surface area contributed by atoms with E-state index in [2.05, 4.69) is 15.5 Å². The summed E-state index contributed by atoms with van der Waals surface area (Å²) in [7, 11) is 0. The van der Waals surface area contributed by atoms with Crippen molar-refractivity contribution in [1.82, 2.24) is 4.90 Å². The minimum absolute atomic E-state index is 0.0325. The van der Waals surface area contributed by atoms with Crippen molar-refractivity contribution in [2.24, 2.45) is 0 Å². The molecule has 2 aromatic rings. The van der Waals surface area contributed by atoms with Gasteiger partial charge in [-0.1, -0.05) is 24.6 Å². The highest BCUT2D eigenvalue weighted by atomic mass is 19.4. The van der Waals surface area contributed by atoms with Crippen LogP contribution in [0.1, 0.15) is 36.0 Å². The van der Waals surface area contributed by atoms with Gasteiger partial charge in [-0.05, 0) is 68.2 Å². The molecular formula is C22H26F3N3O. The number of rotatable bonds is 6. The molecule has 0 aliphatic carbocycles. The molecule has 1 aliphatic heterocycles. The van der Waals surface area contributed by atoms with E-state index in [-0.39, 0.29) is 5.91 Å². The van der Waals surface area contributed by atoms with Crippen LogP contribution in [0.4, 0.5) is 24.5 Å². The zero-order valence-electron chi connectivity index (χ0n) is 16.5. The molecule has 1 aliphatic rings. The van der Waals surface area contributed by atoms with E-state index in [9.17, 15) is 18.0 Å². The minimum atomic E-state index is -4.33. The molecule has 1 fully saturated rings. The maximum Gasteiger partial charge on any atom is 0.416 e. The standard InChI is InChI=1S/C22H26F3N3O/c1-16-19(26-14-17-8-10-18(11-9-17)22(23,24)25)6-5-7-20(16)27-21(29)15-28-12-3-2-4-13-28/h5-11,26H,2-4,12-15H2,1H3,(H,27,29). The van der Waals surface area contributed by atoms with E-state index in [1.54, 1.807) is 0 Å². The van der Waals surface area contributed by atoms with Crippen molar-refractivity contribution in [2.75, 3.05) is 30.3 Å². The second kappa shape index (κ2) is 9.31. The van der Waals surface area contributed by atoms with Crippen molar-refractivity contribution in [2.45, 2.75) is 38.9 Å². The van der Waals surface area contributed by atoms with Crippen LogP contribution in [0.5, 0.6) is 0 Å². The third-order valence-corrected chi connectivity index (χ3v) is 5.19. The molecule has 1 saturated heterocycles. The molecule has 156 valence electrons. The Morgan fingerprint density at radius 3 is 2.31 bits per heavy atom. The summed E-state index contributed by atoms with van der Waals surface area (Å²) in [6.07, 6.45) is -0.835. The maximum absolute atomic E-state index is 12.7. The monoisotopic (exact) mass is 405 g/mol. The van der Waals surface area contributed by atoms with E-state index in [4.69, 9.17) is 0 Å². The Morgan fingerprint density at radius 2 is 1.66 bits per heavy atom. The minimum Gasteiger partial charge on any atom is -0.381 e. The van der Waals surface area contributed by atoms with Crippen LogP contribution in [0, 0.1) is 6.92 Å². The lowest BCUT2D eigenvalue weighted by Gasteiger charge is -2.25. The number of carbonyl (C=O) groups excluding carboxylic acids is 1. The van der Waals surface area contributed by atoms with Crippen LogP contribution in [-0.4, -0.2) is 30.4 Å². The molecule has 2 aromatic carbocycles. The molecule has 0 unspecified atom stereocenters. The Bertz CT molecular complexity index is 828. The number of amides is 1. The zero-order chi connectivity index (χ0) is 20.9. The fourth-order valence-electron chi connectivity index (χ4n) is 3.48. The van der Waals surface area contributed by atoms with E-state index in [1.165, 1.54) is 18.6 Å². The molecule has 0 bridgehead atoms. The highest BCUT2D eigenvalue weighted by Gasteiger charge is 2.29. The van der Waals surface area contributed by atoms with Gasteiger partial charge in [-0.3, -0.25) is 9.69 Å². The first-order chi connectivity index (χ1) is 13.8. The van der Waals surface area contributed by atoms with Gasteiger partial charge in [-0.2, -0.15) is 13.2 Å². The second-order valence-electron chi connectivity index (χ2n) is 7.41. The number of anilines is 2. The average Bonchev–Trinajstić information content (AvgIpc) is 2.69. The molecule has 1 heterocycles. The summed E-state index contributed by atoms with van der Waals surface area (Å²) in [6.45, 7) is 4.61. The number of nitrogens with zero attached hydrogens (tertiary/aromatic N) is 1. The van der Waals surface area contributed by atoms with E-state index in [1.807, 2.05) is 25.1 Å². The van der Waals surface area contributed by atoms with E-state index in [0.717, 1.165) is 60.6 Å². The molecule has 3 rings (SSSR count). The molecule has 7 heteroatoms. The molecule has 0 atom stereocenters. The SMILES string of the molecule is Cc1c(NCc2ccc(C(F)(F)F)cc2)cccc1NC(=O)CN1CCCCC1. The van der Waals surface area contributed by atoms with Crippen molar-refractivity contribution < 1.29 is 18.0 Å². The van der Waals surface area contributed by atoms with Crippen molar-refractivity contribution in [3.05, 3.63) is 59.2 Å². The summed E-state index contributed by atoms with van der Waals surface area (Å²) in [6, 6.07) is 10.7. The predicted octanol–water partition coefficient (Wildman–Crippen LogP) is 5.05. The van der Waals surface area contributed by atoms with Gasteiger partial charge in [0.2, 0.25) is 5.91 Å².